The Bertz CT molecular complexity index is 882. The maximum atomic E-state index is 13.1. The highest BCUT2D eigenvalue weighted by atomic mass is 32.2. The van der Waals surface area contributed by atoms with Crippen LogP contribution in [-0.4, -0.2) is 37.6 Å². The number of fused-ring (bicyclic) bond motifs is 1. The Labute approximate surface area is 148 Å². The van der Waals surface area contributed by atoms with Crippen LogP contribution in [0.3, 0.4) is 0 Å². The van der Waals surface area contributed by atoms with Crippen LogP contribution in [0, 0.1) is 5.82 Å². The minimum Gasteiger partial charge on any atom is -0.465 e. The minimum atomic E-state index is -0.390. The van der Waals surface area contributed by atoms with Gasteiger partial charge in [0.15, 0.2) is 5.65 Å². The number of carbonyl (C=O) groups excluding carboxylic acids is 1. The highest BCUT2D eigenvalue weighted by molar-refractivity contribution is 8.00. The number of halogens is 1. The lowest BCUT2D eigenvalue weighted by Gasteiger charge is -2.10. The summed E-state index contributed by atoms with van der Waals surface area (Å²) in [6.45, 7) is 4.13. The molecule has 0 aliphatic heterocycles. The van der Waals surface area contributed by atoms with E-state index in [2.05, 4.69) is 15.1 Å². The highest BCUT2D eigenvalue weighted by Gasteiger charge is 2.19. The minimum absolute atomic E-state index is 0.274. The Hall–Kier alpha value is -2.48. The number of nitrogens with zero attached hydrogens (tertiary/aromatic N) is 4. The first-order chi connectivity index (χ1) is 12.1. The molecule has 8 heteroatoms. The fraction of sp³-hybridized carbons (Fsp3) is 0.294. The van der Waals surface area contributed by atoms with Gasteiger partial charge < -0.3 is 4.74 Å². The molecule has 0 saturated heterocycles. The van der Waals surface area contributed by atoms with Gasteiger partial charge in [-0.15, -0.1) is 0 Å². The van der Waals surface area contributed by atoms with Gasteiger partial charge in [0.2, 0.25) is 0 Å². The second-order valence-corrected chi connectivity index (χ2v) is 6.71. The van der Waals surface area contributed by atoms with Gasteiger partial charge in [-0.25, -0.2) is 19.0 Å². The summed E-state index contributed by atoms with van der Waals surface area (Å²) in [7, 11) is 0. The lowest BCUT2D eigenvalue weighted by molar-refractivity contribution is -0.142. The fourth-order valence-electron chi connectivity index (χ4n) is 2.22. The molecule has 3 aromatic rings. The summed E-state index contributed by atoms with van der Waals surface area (Å²) < 4.78 is 19.9. The van der Waals surface area contributed by atoms with E-state index in [0.717, 1.165) is 11.8 Å². The van der Waals surface area contributed by atoms with Gasteiger partial charge in [0.05, 0.1) is 23.9 Å². The fourth-order valence-corrected chi connectivity index (χ4v) is 3.10. The third kappa shape index (κ3) is 3.79. The monoisotopic (exact) mass is 360 g/mol. The Morgan fingerprint density at radius 1 is 1.32 bits per heavy atom. The van der Waals surface area contributed by atoms with E-state index >= 15 is 0 Å². The molecule has 0 fully saturated rings. The molecule has 2 heterocycles. The van der Waals surface area contributed by atoms with Crippen molar-refractivity contribution in [3.63, 3.8) is 0 Å². The van der Waals surface area contributed by atoms with Gasteiger partial charge in [0.1, 0.15) is 22.4 Å². The van der Waals surface area contributed by atoms with Gasteiger partial charge in [-0.05, 0) is 37.6 Å². The Morgan fingerprint density at radius 3 is 2.80 bits per heavy atom. The standard InChI is InChI=1S/C17H17FN4O2S/c1-3-8-24-17(23)11(2)25-16-14-9-21-22(15(14)19-10-20-16)13-6-4-12(18)5-7-13/h4-7,9-11H,3,8H2,1-2H3. The number of thioether (sulfide) groups is 1. The van der Waals surface area contributed by atoms with Crippen LogP contribution < -0.4 is 0 Å². The molecule has 1 aromatic carbocycles. The molecule has 1 unspecified atom stereocenters. The second-order valence-electron chi connectivity index (χ2n) is 5.38. The second kappa shape index (κ2) is 7.60. The maximum Gasteiger partial charge on any atom is 0.319 e. The van der Waals surface area contributed by atoms with E-state index < -0.39 is 0 Å². The molecule has 1 atom stereocenters. The first-order valence-corrected chi connectivity index (χ1v) is 8.76. The summed E-state index contributed by atoms with van der Waals surface area (Å²) in [5, 5.41) is 5.31. The smallest absolute Gasteiger partial charge is 0.319 e. The molecule has 0 amide bonds. The first kappa shape index (κ1) is 17.3. The van der Waals surface area contributed by atoms with Crippen LogP contribution in [0.1, 0.15) is 20.3 Å². The molecule has 0 radical (unpaired) electrons. The summed E-state index contributed by atoms with van der Waals surface area (Å²) in [4.78, 5) is 20.5. The third-order valence-corrected chi connectivity index (χ3v) is 4.56. The summed E-state index contributed by atoms with van der Waals surface area (Å²) in [6, 6.07) is 5.99. The average molecular weight is 360 g/mol. The summed E-state index contributed by atoms with van der Waals surface area (Å²) in [5.74, 6) is -0.588. The van der Waals surface area contributed by atoms with Crippen LogP contribution >= 0.6 is 11.8 Å². The topological polar surface area (TPSA) is 69.9 Å². The first-order valence-electron chi connectivity index (χ1n) is 7.88. The number of rotatable bonds is 6. The number of ether oxygens (including phenoxy) is 1. The lowest BCUT2D eigenvalue weighted by atomic mass is 10.3. The molecule has 25 heavy (non-hydrogen) atoms. The van der Waals surface area contributed by atoms with Gasteiger partial charge in [-0.1, -0.05) is 18.7 Å². The van der Waals surface area contributed by atoms with E-state index in [1.807, 2.05) is 6.92 Å². The van der Waals surface area contributed by atoms with Crippen molar-refractivity contribution in [3.05, 3.63) is 42.6 Å². The molecular formula is C17H17FN4O2S. The number of aromatic nitrogens is 4. The zero-order valence-corrected chi connectivity index (χ0v) is 14.7. The Kier molecular flexibility index (Phi) is 5.28. The number of hydrogen-bond acceptors (Lipinski definition) is 6. The van der Waals surface area contributed by atoms with Gasteiger partial charge in [-0.2, -0.15) is 5.10 Å². The van der Waals surface area contributed by atoms with Crippen molar-refractivity contribution in [2.75, 3.05) is 6.61 Å². The number of esters is 1. The van der Waals surface area contributed by atoms with Crippen molar-refractivity contribution in [2.24, 2.45) is 0 Å². The molecule has 0 bridgehead atoms. The van der Waals surface area contributed by atoms with E-state index in [1.165, 1.54) is 30.2 Å². The van der Waals surface area contributed by atoms with Crippen molar-refractivity contribution < 1.29 is 13.9 Å². The molecule has 0 spiro atoms. The summed E-state index contributed by atoms with van der Waals surface area (Å²) in [5.41, 5.74) is 1.29. The SMILES string of the molecule is CCCOC(=O)C(C)Sc1ncnc2c1cnn2-c1ccc(F)cc1. The number of carbonyl (C=O) groups is 1. The van der Waals surface area contributed by atoms with E-state index in [4.69, 9.17) is 4.74 Å². The van der Waals surface area contributed by atoms with Crippen molar-refractivity contribution in [1.82, 2.24) is 19.7 Å². The van der Waals surface area contributed by atoms with E-state index in [-0.39, 0.29) is 17.0 Å². The number of benzene rings is 1. The maximum absolute atomic E-state index is 13.1. The largest absolute Gasteiger partial charge is 0.465 e. The molecule has 6 nitrogen and oxygen atoms in total. The van der Waals surface area contributed by atoms with Gasteiger partial charge in [0, 0.05) is 0 Å². The summed E-state index contributed by atoms with van der Waals surface area (Å²) >= 11 is 1.30. The Morgan fingerprint density at radius 2 is 2.08 bits per heavy atom. The van der Waals surface area contributed by atoms with E-state index in [0.29, 0.717) is 23.0 Å². The average Bonchev–Trinajstić information content (AvgIpc) is 3.05. The van der Waals surface area contributed by atoms with E-state index in [1.54, 1.807) is 29.9 Å². The van der Waals surface area contributed by atoms with E-state index in [9.17, 15) is 9.18 Å². The van der Waals surface area contributed by atoms with Crippen molar-refractivity contribution in [1.29, 1.82) is 0 Å². The van der Waals surface area contributed by atoms with Crippen LogP contribution in [0.15, 0.2) is 41.8 Å². The molecule has 0 N–H and O–H groups in total. The van der Waals surface area contributed by atoms with Crippen LogP contribution in [0.5, 0.6) is 0 Å². The third-order valence-electron chi connectivity index (χ3n) is 3.47. The predicted octanol–water partition coefficient (Wildman–Crippen LogP) is 3.39. The molecule has 130 valence electrons. The lowest BCUT2D eigenvalue weighted by Crippen LogP contribution is -2.17. The molecular weight excluding hydrogens is 343 g/mol. The highest BCUT2D eigenvalue weighted by Crippen LogP contribution is 2.29. The van der Waals surface area contributed by atoms with Gasteiger partial charge >= 0.3 is 5.97 Å². The molecule has 3 rings (SSSR count). The molecule has 0 aliphatic carbocycles. The van der Waals surface area contributed by atoms with Crippen LogP contribution in [0.4, 0.5) is 4.39 Å². The van der Waals surface area contributed by atoms with Crippen molar-refractivity contribution in [3.8, 4) is 5.69 Å². The van der Waals surface area contributed by atoms with Crippen LogP contribution in [0.2, 0.25) is 0 Å². The van der Waals surface area contributed by atoms with Gasteiger partial charge in [-0.3, -0.25) is 4.79 Å². The van der Waals surface area contributed by atoms with Crippen LogP contribution in [-0.2, 0) is 9.53 Å². The Balaban J connectivity index is 1.88. The predicted molar refractivity (Wildman–Crippen MR) is 93.2 cm³/mol. The number of hydrogen-bond donors (Lipinski definition) is 0. The zero-order valence-electron chi connectivity index (χ0n) is 13.8. The molecule has 0 saturated carbocycles. The normalized spacial score (nSPS) is 12.3. The van der Waals surface area contributed by atoms with Crippen molar-refractivity contribution in [2.45, 2.75) is 30.5 Å². The molecule has 0 aliphatic rings. The van der Waals surface area contributed by atoms with Crippen molar-refractivity contribution >= 4 is 28.8 Å². The van der Waals surface area contributed by atoms with Gasteiger partial charge in [0.25, 0.3) is 0 Å². The van der Waals surface area contributed by atoms with Crippen LogP contribution in [0.25, 0.3) is 16.7 Å². The quantitative estimate of drug-likeness (QED) is 0.381. The summed E-state index contributed by atoms with van der Waals surface area (Å²) in [6.07, 6.45) is 3.85. The zero-order chi connectivity index (χ0) is 17.8. The molecule has 2 aromatic heterocycles.